The second-order valence-electron chi connectivity index (χ2n) is 9.08. The van der Waals surface area contributed by atoms with Crippen molar-refractivity contribution in [2.45, 2.75) is 6.42 Å². The number of anilines is 3. The number of fused-ring (bicyclic) bond motifs is 1. The quantitative estimate of drug-likeness (QED) is 0.222. The average Bonchev–Trinajstić information content (AvgIpc) is 3.22. The monoisotopic (exact) mass is 572 g/mol. The number of nitrogens with zero attached hydrogens (tertiary/aromatic N) is 2. The van der Waals surface area contributed by atoms with Crippen LogP contribution in [-0.4, -0.2) is 50.9 Å². The molecule has 1 aromatic heterocycles. The van der Waals surface area contributed by atoms with Gasteiger partial charge in [0, 0.05) is 34.4 Å². The van der Waals surface area contributed by atoms with Gasteiger partial charge in [0.15, 0.2) is 0 Å². The van der Waals surface area contributed by atoms with E-state index in [4.69, 9.17) is 23.2 Å². The van der Waals surface area contributed by atoms with Crippen molar-refractivity contribution in [3.05, 3.63) is 87.0 Å². The lowest BCUT2D eigenvalue weighted by molar-refractivity contribution is 0.102. The molecule has 0 atom stereocenters. The molecule has 0 bridgehead atoms. The highest BCUT2D eigenvalue weighted by molar-refractivity contribution is 7.21. The Labute approximate surface area is 235 Å². The van der Waals surface area contributed by atoms with E-state index in [0.717, 1.165) is 29.1 Å². The van der Waals surface area contributed by atoms with Crippen LogP contribution in [0, 0.1) is 5.82 Å². The molecular weight excluding hydrogens is 546 g/mol. The van der Waals surface area contributed by atoms with Gasteiger partial charge in [-0.15, -0.1) is 11.3 Å². The van der Waals surface area contributed by atoms with Crippen molar-refractivity contribution in [1.82, 2.24) is 4.90 Å². The van der Waals surface area contributed by atoms with Gasteiger partial charge < -0.3 is 20.4 Å². The van der Waals surface area contributed by atoms with E-state index in [1.54, 1.807) is 36.2 Å². The van der Waals surface area contributed by atoms with Gasteiger partial charge in [-0.25, -0.2) is 4.39 Å². The van der Waals surface area contributed by atoms with Crippen LogP contribution in [0.25, 0.3) is 10.1 Å². The van der Waals surface area contributed by atoms with Crippen molar-refractivity contribution in [3.63, 3.8) is 0 Å². The Morgan fingerprint density at radius 2 is 1.63 bits per heavy atom. The highest BCUT2D eigenvalue weighted by Gasteiger charge is 2.23. The number of amides is 2. The summed E-state index contributed by atoms with van der Waals surface area (Å²) in [6.07, 6.45) is 0.806. The molecule has 0 radical (unpaired) electrons. The lowest BCUT2D eigenvalue weighted by atomic mass is 10.1. The minimum Gasteiger partial charge on any atom is -0.372 e. The molecule has 3 aromatic carbocycles. The van der Waals surface area contributed by atoms with Crippen LogP contribution >= 0.6 is 34.5 Å². The van der Waals surface area contributed by atoms with E-state index in [1.165, 1.54) is 17.4 Å². The molecule has 2 amide bonds. The maximum absolute atomic E-state index is 15.3. The molecule has 0 aliphatic carbocycles. The Bertz CT molecular complexity index is 1470. The Hall–Kier alpha value is -3.17. The molecular formula is C28H27Cl2FN4O2S. The van der Waals surface area contributed by atoms with Crippen LogP contribution < -0.4 is 15.5 Å². The fourth-order valence-electron chi connectivity index (χ4n) is 3.96. The van der Waals surface area contributed by atoms with Gasteiger partial charge in [-0.2, -0.15) is 0 Å². The molecule has 0 aliphatic rings. The van der Waals surface area contributed by atoms with Gasteiger partial charge in [-0.3, -0.25) is 9.59 Å². The molecule has 0 saturated carbocycles. The molecule has 1 heterocycles. The van der Waals surface area contributed by atoms with E-state index in [-0.39, 0.29) is 16.9 Å². The van der Waals surface area contributed by atoms with E-state index < -0.39 is 17.6 Å². The van der Waals surface area contributed by atoms with E-state index in [1.807, 2.05) is 38.4 Å². The Morgan fingerprint density at radius 1 is 0.921 bits per heavy atom. The molecule has 2 N–H and O–H groups in total. The zero-order valence-electron chi connectivity index (χ0n) is 21.1. The largest absolute Gasteiger partial charge is 0.372 e. The molecule has 0 aliphatic heterocycles. The van der Waals surface area contributed by atoms with Crippen molar-refractivity contribution in [1.29, 1.82) is 0 Å². The molecule has 4 rings (SSSR count). The fraction of sp³-hybridized carbons (Fsp3) is 0.214. The van der Waals surface area contributed by atoms with Gasteiger partial charge in [0.2, 0.25) is 0 Å². The van der Waals surface area contributed by atoms with Crippen molar-refractivity contribution >= 4 is 73.5 Å². The van der Waals surface area contributed by atoms with E-state index in [9.17, 15) is 9.59 Å². The summed E-state index contributed by atoms with van der Waals surface area (Å²) in [6.45, 7) is 1.42. The molecule has 198 valence electrons. The number of halogens is 3. The number of rotatable bonds is 9. The average molecular weight is 574 g/mol. The summed E-state index contributed by atoms with van der Waals surface area (Å²) < 4.78 is 16.2. The standard InChI is InChI=1S/C28H27Cl2FN4O2S/c1-34(2)13-6-14-35(3)23-16-22(33-28(37)26-25(30)19-7-4-5-8-24(19)38-26)20(15-21(23)31)27(36)32-18-11-9-17(29)10-12-18/h4-5,7-12,15-16H,6,13-14H2,1-3H3,(H,32,36)(H,33,37). The van der Waals surface area contributed by atoms with Crippen LogP contribution in [0.5, 0.6) is 0 Å². The number of carbonyl (C=O) groups is 2. The Morgan fingerprint density at radius 3 is 2.32 bits per heavy atom. The van der Waals surface area contributed by atoms with Crippen LogP contribution in [0.2, 0.25) is 10.0 Å². The van der Waals surface area contributed by atoms with Crippen molar-refractivity contribution < 1.29 is 14.0 Å². The van der Waals surface area contributed by atoms with Gasteiger partial charge in [0.05, 0.1) is 22.0 Å². The summed E-state index contributed by atoms with van der Waals surface area (Å²) >= 11 is 13.7. The van der Waals surface area contributed by atoms with Crippen molar-refractivity contribution in [2.75, 3.05) is 49.8 Å². The van der Waals surface area contributed by atoms with Gasteiger partial charge >= 0.3 is 0 Å². The normalized spacial score (nSPS) is 11.1. The highest BCUT2D eigenvalue weighted by atomic mass is 35.5. The molecule has 0 unspecified atom stereocenters. The van der Waals surface area contributed by atoms with Gasteiger partial charge in [0.25, 0.3) is 11.8 Å². The summed E-state index contributed by atoms with van der Waals surface area (Å²) in [6, 6.07) is 16.6. The second kappa shape index (κ2) is 12.1. The van der Waals surface area contributed by atoms with Crippen LogP contribution in [0.1, 0.15) is 26.5 Å². The number of hydrogen-bond donors (Lipinski definition) is 2. The van der Waals surface area contributed by atoms with Gasteiger partial charge in [-0.1, -0.05) is 41.4 Å². The van der Waals surface area contributed by atoms with Crippen LogP contribution in [0.4, 0.5) is 21.5 Å². The third kappa shape index (κ3) is 6.45. The minimum absolute atomic E-state index is 0.0199. The van der Waals surface area contributed by atoms with Gasteiger partial charge in [0.1, 0.15) is 10.7 Å². The third-order valence-electron chi connectivity index (χ3n) is 5.93. The molecule has 38 heavy (non-hydrogen) atoms. The minimum atomic E-state index is -0.578. The van der Waals surface area contributed by atoms with Crippen LogP contribution in [-0.2, 0) is 0 Å². The highest BCUT2D eigenvalue weighted by Crippen LogP contribution is 2.36. The van der Waals surface area contributed by atoms with E-state index in [0.29, 0.717) is 27.2 Å². The predicted molar refractivity (Wildman–Crippen MR) is 157 cm³/mol. The topological polar surface area (TPSA) is 64.7 Å². The van der Waals surface area contributed by atoms with Crippen molar-refractivity contribution in [3.8, 4) is 0 Å². The third-order valence-corrected chi connectivity index (χ3v) is 7.86. The first-order valence-corrected chi connectivity index (χ1v) is 13.5. The maximum atomic E-state index is 15.3. The molecule has 6 nitrogen and oxygen atoms in total. The summed E-state index contributed by atoms with van der Waals surface area (Å²) in [4.78, 5) is 30.7. The lowest BCUT2D eigenvalue weighted by Crippen LogP contribution is -2.25. The second-order valence-corrected chi connectivity index (χ2v) is 11.0. The van der Waals surface area contributed by atoms with E-state index in [2.05, 4.69) is 15.5 Å². The first-order valence-electron chi connectivity index (χ1n) is 11.9. The number of carbonyl (C=O) groups excluding carboxylic acids is 2. The molecule has 4 aromatic rings. The Balaban J connectivity index is 1.68. The number of hydrogen-bond acceptors (Lipinski definition) is 5. The summed E-state index contributed by atoms with van der Waals surface area (Å²) in [5.41, 5.74) is 0.901. The maximum Gasteiger partial charge on any atom is 0.267 e. The van der Waals surface area contributed by atoms with Crippen molar-refractivity contribution in [2.24, 2.45) is 0 Å². The smallest absolute Gasteiger partial charge is 0.267 e. The molecule has 10 heteroatoms. The van der Waals surface area contributed by atoms with Gasteiger partial charge in [-0.05, 0) is 69.5 Å². The Kier molecular flexibility index (Phi) is 8.89. The number of benzene rings is 3. The number of thiophene rings is 1. The first-order chi connectivity index (χ1) is 18.1. The summed E-state index contributed by atoms with van der Waals surface area (Å²) in [7, 11) is 5.72. The zero-order valence-corrected chi connectivity index (χ0v) is 23.5. The lowest BCUT2D eigenvalue weighted by Gasteiger charge is -2.23. The zero-order chi connectivity index (χ0) is 27.4. The first kappa shape index (κ1) is 27.9. The summed E-state index contributed by atoms with van der Waals surface area (Å²) in [5.74, 6) is -1.63. The molecule has 0 fully saturated rings. The fourth-order valence-corrected chi connectivity index (χ4v) is 5.50. The van der Waals surface area contributed by atoms with Crippen LogP contribution in [0.3, 0.4) is 0 Å². The molecule has 0 saturated heterocycles. The van der Waals surface area contributed by atoms with Crippen LogP contribution in [0.15, 0.2) is 60.7 Å². The summed E-state index contributed by atoms with van der Waals surface area (Å²) in [5, 5.41) is 7.16. The molecule has 0 spiro atoms. The predicted octanol–water partition coefficient (Wildman–Crippen LogP) is 7.24. The number of nitrogens with one attached hydrogen (secondary N) is 2. The SMILES string of the molecule is CN(C)CCCN(C)c1cc(NC(=O)c2sc3ccccc3c2Cl)c(C(=O)Nc2ccc(Cl)cc2)cc1F. The van der Waals surface area contributed by atoms with E-state index >= 15 is 4.39 Å².